The molecule has 0 spiro atoms. The van der Waals surface area contributed by atoms with Crippen LogP contribution in [-0.2, 0) is 4.79 Å². The van der Waals surface area contributed by atoms with Crippen molar-refractivity contribution >= 4 is 5.91 Å². The van der Waals surface area contributed by atoms with Gasteiger partial charge in [0.2, 0.25) is 5.91 Å². The van der Waals surface area contributed by atoms with Crippen molar-refractivity contribution in [3.8, 4) is 0 Å². The van der Waals surface area contributed by atoms with Gasteiger partial charge in [-0.15, -0.1) is 0 Å². The molecule has 0 aromatic rings. The largest absolute Gasteiger partial charge is 0.341 e. The van der Waals surface area contributed by atoms with E-state index in [2.05, 4.69) is 0 Å². The molecule has 1 saturated heterocycles. The Labute approximate surface area is 98.4 Å². The smallest absolute Gasteiger partial charge is 0.222 e. The van der Waals surface area contributed by atoms with E-state index >= 15 is 0 Å². The van der Waals surface area contributed by atoms with E-state index in [1.54, 1.807) is 0 Å². The third-order valence-corrected chi connectivity index (χ3v) is 4.05. The van der Waals surface area contributed by atoms with Crippen molar-refractivity contribution in [1.29, 1.82) is 0 Å². The molecular weight excluding hydrogens is 200 g/mol. The summed E-state index contributed by atoms with van der Waals surface area (Å²) >= 11 is 0. The van der Waals surface area contributed by atoms with E-state index in [1.165, 1.54) is 25.7 Å². The van der Waals surface area contributed by atoms with Crippen LogP contribution in [0.15, 0.2) is 0 Å². The number of carbonyl (C=O) groups excluding carboxylic acids is 1. The summed E-state index contributed by atoms with van der Waals surface area (Å²) in [5.41, 5.74) is 5.89. The van der Waals surface area contributed by atoms with Gasteiger partial charge in [-0.1, -0.05) is 25.7 Å². The van der Waals surface area contributed by atoms with Gasteiger partial charge in [-0.25, -0.2) is 0 Å². The van der Waals surface area contributed by atoms with Crippen molar-refractivity contribution in [3.63, 3.8) is 0 Å². The molecule has 1 atom stereocenters. The fraction of sp³-hybridized carbons (Fsp3) is 0.923. The summed E-state index contributed by atoms with van der Waals surface area (Å²) < 4.78 is 0. The van der Waals surface area contributed by atoms with E-state index in [-0.39, 0.29) is 6.04 Å². The van der Waals surface area contributed by atoms with Crippen LogP contribution in [0.3, 0.4) is 0 Å². The van der Waals surface area contributed by atoms with Gasteiger partial charge in [-0.2, -0.15) is 0 Å². The van der Waals surface area contributed by atoms with E-state index in [1.807, 2.05) is 4.90 Å². The van der Waals surface area contributed by atoms with Crippen LogP contribution in [0.2, 0.25) is 0 Å². The Balaban J connectivity index is 1.70. The van der Waals surface area contributed by atoms with Gasteiger partial charge < -0.3 is 10.6 Å². The molecular formula is C13H24N2O. The molecule has 0 bridgehead atoms. The van der Waals surface area contributed by atoms with Gasteiger partial charge in [0.25, 0.3) is 0 Å². The van der Waals surface area contributed by atoms with Crippen LogP contribution in [0.5, 0.6) is 0 Å². The van der Waals surface area contributed by atoms with Crippen molar-refractivity contribution in [2.24, 2.45) is 11.7 Å². The maximum Gasteiger partial charge on any atom is 0.222 e. The summed E-state index contributed by atoms with van der Waals surface area (Å²) in [4.78, 5) is 13.9. The zero-order valence-corrected chi connectivity index (χ0v) is 10.2. The second kappa shape index (κ2) is 5.67. The molecule has 0 aromatic carbocycles. The Morgan fingerprint density at radius 1 is 1.19 bits per heavy atom. The Morgan fingerprint density at radius 2 is 1.94 bits per heavy atom. The zero-order valence-electron chi connectivity index (χ0n) is 10.2. The van der Waals surface area contributed by atoms with Crippen LogP contribution in [0.4, 0.5) is 0 Å². The SMILES string of the molecule is NC1CCCN(C(=O)CCC2CCCC2)C1. The number of nitrogens with two attached hydrogens (primary N) is 1. The Kier molecular flexibility index (Phi) is 4.22. The van der Waals surface area contributed by atoms with Crippen LogP contribution < -0.4 is 5.73 Å². The van der Waals surface area contributed by atoms with Gasteiger partial charge in [-0.3, -0.25) is 4.79 Å². The summed E-state index contributed by atoms with van der Waals surface area (Å²) in [5, 5.41) is 0. The minimum atomic E-state index is 0.212. The molecule has 0 aromatic heterocycles. The second-order valence-electron chi connectivity index (χ2n) is 5.43. The van der Waals surface area contributed by atoms with E-state index < -0.39 is 0 Å². The molecule has 92 valence electrons. The van der Waals surface area contributed by atoms with E-state index in [4.69, 9.17) is 5.73 Å². The first-order valence-electron chi connectivity index (χ1n) is 6.79. The normalized spacial score (nSPS) is 27.3. The molecule has 0 radical (unpaired) electrons. The van der Waals surface area contributed by atoms with Crippen molar-refractivity contribution in [2.75, 3.05) is 13.1 Å². The van der Waals surface area contributed by atoms with Crippen LogP contribution in [0.25, 0.3) is 0 Å². The van der Waals surface area contributed by atoms with Gasteiger partial charge in [0.15, 0.2) is 0 Å². The van der Waals surface area contributed by atoms with Crippen LogP contribution in [0.1, 0.15) is 51.4 Å². The quantitative estimate of drug-likeness (QED) is 0.796. The highest BCUT2D eigenvalue weighted by molar-refractivity contribution is 5.76. The van der Waals surface area contributed by atoms with Crippen LogP contribution in [0, 0.1) is 5.92 Å². The Morgan fingerprint density at radius 3 is 2.62 bits per heavy atom. The maximum atomic E-state index is 12.0. The van der Waals surface area contributed by atoms with Gasteiger partial charge in [0.05, 0.1) is 0 Å². The number of amides is 1. The lowest BCUT2D eigenvalue weighted by atomic mass is 10.0. The van der Waals surface area contributed by atoms with Crippen molar-refractivity contribution in [1.82, 2.24) is 4.90 Å². The Bertz CT molecular complexity index is 236. The molecule has 1 saturated carbocycles. The number of rotatable bonds is 3. The molecule has 1 aliphatic carbocycles. The zero-order chi connectivity index (χ0) is 11.4. The lowest BCUT2D eigenvalue weighted by Gasteiger charge is -2.31. The summed E-state index contributed by atoms with van der Waals surface area (Å²) in [5.74, 6) is 1.16. The Hall–Kier alpha value is -0.570. The number of hydrogen-bond donors (Lipinski definition) is 1. The number of hydrogen-bond acceptors (Lipinski definition) is 2. The first-order chi connectivity index (χ1) is 7.75. The summed E-state index contributed by atoms with van der Waals surface area (Å²) in [7, 11) is 0. The molecule has 1 aliphatic heterocycles. The molecule has 3 nitrogen and oxygen atoms in total. The molecule has 2 fully saturated rings. The molecule has 1 amide bonds. The topological polar surface area (TPSA) is 46.3 Å². The lowest BCUT2D eigenvalue weighted by molar-refractivity contribution is -0.132. The highest BCUT2D eigenvalue weighted by atomic mass is 16.2. The van der Waals surface area contributed by atoms with Gasteiger partial charge in [-0.05, 0) is 25.2 Å². The number of carbonyl (C=O) groups is 1. The average molecular weight is 224 g/mol. The minimum absolute atomic E-state index is 0.212. The fourth-order valence-electron chi connectivity index (χ4n) is 3.02. The monoisotopic (exact) mass is 224 g/mol. The molecule has 2 aliphatic rings. The highest BCUT2D eigenvalue weighted by Gasteiger charge is 2.22. The van der Waals surface area contributed by atoms with Gasteiger partial charge in [0.1, 0.15) is 0 Å². The van der Waals surface area contributed by atoms with Crippen LogP contribution >= 0.6 is 0 Å². The van der Waals surface area contributed by atoms with Crippen molar-refractivity contribution in [2.45, 2.75) is 57.4 Å². The molecule has 1 unspecified atom stereocenters. The van der Waals surface area contributed by atoms with Gasteiger partial charge in [0, 0.05) is 25.6 Å². The third kappa shape index (κ3) is 3.21. The number of nitrogens with zero attached hydrogens (tertiary/aromatic N) is 1. The fourth-order valence-corrected chi connectivity index (χ4v) is 3.02. The predicted octanol–water partition coefficient (Wildman–Crippen LogP) is 1.91. The lowest BCUT2D eigenvalue weighted by Crippen LogP contribution is -2.45. The third-order valence-electron chi connectivity index (χ3n) is 4.05. The van der Waals surface area contributed by atoms with E-state index in [0.29, 0.717) is 5.91 Å². The molecule has 1 heterocycles. The second-order valence-corrected chi connectivity index (χ2v) is 5.43. The summed E-state index contributed by atoms with van der Waals surface area (Å²) in [6, 6.07) is 0.212. The standard InChI is InChI=1S/C13H24N2O/c14-12-6-3-9-15(10-12)13(16)8-7-11-4-1-2-5-11/h11-12H,1-10,14H2. The van der Waals surface area contributed by atoms with E-state index in [9.17, 15) is 4.79 Å². The predicted molar refractivity (Wildman–Crippen MR) is 65.0 cm³/mol. The maximum absolute atomic E-state index is 12.0. The average Bonchev–Trinajstić information content (AvgIpc) is 2.78. The first-order valence-corrected chi connectivity index (χ1v) is 6.79. The number of piperidine rings is 1. The molecule has 16 heavy (non-hydrogen) atoms. The molecule has 3 heteroatoms. The molecule has 2 N–H and O–H groups in total. The summed E-state index contributed by atoms with van der Waals surface area (Å²) in [6.45, 7) is 1.71. The van der Waals surface area contributed by atoms with Gasteiger partial charge >= 0.3 is 0 Å². The van der Waals surface area contributed by atoms with Crippen molar-refractivity contribution in [3.05, 3.63) is 0 Å². The van der Waals surface area contributed by atoms with Crippen LogP contribution in [-0.4, -0.2) is 29.9 Å². The first kappa shape index (κ1) is 11.9. The minimum Gasteiger partial charge on any atom is -0.341 e. The highest BCUT2D eigenvalue weighted by Crippen LogP contribution is 2.28. The van der Waals surface area contributed by atoms with E-state index in [0.717, 1.165) is 44.7 Å². The van der Waals surface area contributed by atoms with Crippen molar-refractivity contribution < 1.29 is 4.79 Å². The summed E-state index contributed by atoms with van der Waals surface area (Å²) in [6.07, 6.45) is 9.42. The molecule has 2 rings (SSSR count). The number of likely N-dealkylation sites (tertiary alicyclic amines) is 1.